The van der Waals surface area contributed by atoms with Crippen LogP contribution in [0.4, 0.5) is 0 Å². The maximum Gasteiger partial charge on any atom is 0.261 e. The van der Waals surface area contributed by atoms with Gasteiger partial charge in [-0.25, -0.2) is 4.98 Å². The van der Waals surface area contributed by atoms with Crippen LogP contribution in [0.15, 0.2) is 41.8 Å². The van der Waals surface area contributed by atoms with Gasteiger partial charge in [0, 0.05) is 31.2 Å². The molecule has 2 aromatic rings. The number of aromatic nitrogens is 2. The lowest BCUT2D eigenvalue weighted by Crippen LogP contribution is -2.31. The third kappa shape index (κ3) is 2.66. The van der Waals surface area contributed by atoms with Crippen LogP contribution in [-0.2, 0) is 6.54 Å². The van der Waals surface area contributed by atoms with Crippen molar-refractivity contribution in [2.75, 3.05) is 12.3 Å². The first-order chi connectivity index (χ1) is 10.7. The molecule has 5 nitrogen and oxygen atoms in total. The van der Waals surface area contributed by atoms with Gasteiger partial charge < -0.3 is 4.57 Å². The van der Waals surface area contributed by atoms with Gasteiger partial charge in [-0.1, -0.05) is 30.8 Å². The molecule has 0 spiro atoms. The number of hydrogen-bond donors (Lipinski definition) is 0. The number of hydrogen-bond acceptors (Lipinski definition) is 4. The zero-order chi connectivity index (χ0) is 15.5. The van der Waals surface area contributed by atoms with Crippen LogP contribution in [0.1, 0.15) is 34.1 Å². The summed E-state index contributed by atoms with van der Waals surface area (Å²) in [7, 11) is 0. The van der Waals surface area contributed by atoms with E-state index in [1.165, 1.54) is 4.90 Å². The van der Waals surface area contributed by atoms with Crippen LogP contribution < -0.4 is 0 Å². The highest BCUT2D eigenvalue weighted by atomic mass is 32.2. The van der Waals surface area contributed by atoms with Crippen molar-refractivity contribution in [1.82, 2.24) is 14.5 Å². The Hall–Kier alpha value is -2.08. The van der Waals surface area contributed by atoms with Crippen LogP contribution in [0.3, 0.4) is 0 Å². The highest BCUT2D eigenvalue weighted by molar-refractivity contribution is 7.99. The number of thioether (sulfide) groups is 1. The molecule has 114 valence electrons. The van der Waals surface area contributed by atoms with E-state index in [0.717, 1.165) is 18.1 Å². The molecule has 6 heteroatoms. The van der Waals surface area contributed by atoms with E-state index < -0.39 is 0 Å². The van der Waals surface area contributed by atoms with E-state index in [1.54, 1.807) is 42.2 Å². The Bertz CT molecular complexity index is 676. The molecule has 2 heterocycles. The van der Waals surface area contributed by atoms with Gasteiger partial charge in [-0.05, 0) is 18.6 Å². The van der Waals surface area contributed by atoms with Gasteiger partial charge in [0.2, 0.25) is 0 Å². The molecule has 22 heavy (non-hydrogen) atoms. The Morgan fingerprint density at radius 2 is 1.77 bits per heavy atom. The molecule has 2 amide bonds. The minimum Gasteiger partial charge on any atom is -0.326 e. The monoisotopic (exact) mass is 315 g/mol. The number of carbonyl (C=O) groups is 2. The Morgan fingerprint density at radius 1 is 1.09 bits per heavy atom. The smallest absolute Gasteiger partial charge is 0.261 e. The number of benzene rings is 1. The molecule has 1 aliphatic heterocycles. The molecule has 0 aliphatic carbocycles. The first-order valence-corrected chi connectivity index (χ1v) is 8.30. The van der Waals surface area contributed by atoms with Crippen molar-refractivity contribution in [1.29, 1.82) is 0 Å². The third-order valence-corrected chi connectivity index (χ3v) is 4.55. The summed E-state index contributed by atoms with van der Waals surface area (Å²) >= 11 is 1.57. The zero-order valence-electron chi connectivity index (χ0n) is 12.4. The Kier molecular flexibility index (Phi) is 4.29. The maximum absolute atomic E-state index is 12.2. The SMILES string of the molecule is CCCn1ccnc1SCCN1C(=O)c2ccccc2C1=O. The fourth-order valence-electron chi connectivity index (χ4n) is 2.52. The summed E-state index contributed by atoms with van der Waals surface area (Å²) < 4.78 is 2.09. The summed E-state index contributed by atoms with van der Waals surface area (Å²) in [5, 5.41) is 0.929. The van der Waals surface area contributed by atoms with Crippen LogP contribution in [0.5, 0.6) is 0 Å². The Labute approximate surface area is 133 Å². The molecule has 3 rings (SSSR count). The fourth-order valence-corrected chi connectivity index (χ4v) is 3.43. The Morgan fingerprint density at radius 3 is 2.41 bits per heavy atom. The molecule has 1 aliphatic rings. The summed E-state index contributed by atoms with van der Waals surface area (Å²) in [5.74, 6) is 0.253. The number of fused-ring (bicyclic) bond motifs is 1. The van der Waals surface area contributed by atoms with E-state index in [-0.39, 0.29) is 11.8 Å². The lowest BCUT2D eigenvalue weighted by atomic mass is 10.1. The zero-order valence-corrected chi connectivity index (χ0v) is 13.2. The number of imide groups is 1. The standard InChI is InChI=1S/C16H17N3O2S/c1-2-8-18-9-7-17-16(18)22-11-10-19-14(20)12-5-3-4-6-13(12)15(19)21/h3-7,9H,2,8,10-11H2,1H3. The van der Waals surface area contributed by atoms with Crippen molar-refractivity contribution in [2.45, 2.75) is 25.0 Å². The molecule has 1 aromatic heterocycles. The molecule has 0 atom stereocenters. The van der Waals surface area contributed by atoms with Crippen molar-refractivity contribution in [2.24, 2.45) is 0 Å². The lowest BCUT2D eigenvalue weighted by molar-refractivity contribution is 0.0664. The summed E-state index contributed by atoms with van der Waals surface area (Å²) in [6.07, 6.45) is 4.77. The quantitative estimate of drug-likeness (QED) is 0.607. The molecule has 0 unspecified atom stereocenters. The summed E-state index contributed by atoms with van der Waals surface area (Å²) in [4.78, 5) is 30.1. The minimum absolute atomic E-state index is 0.196. The van der Waals surface area contributed by atoms with Gasteiger partial charge in [-0.2, -0.15) is 0 Å². The average molecular weight is 315 g/mol. The highest BCUT2D eigenvalue weighted by Gasteiger charge is 2.34. The van der Waals surface area contributed by atoms with E-state index in [1.807, 2.05) is 6.20 Å². The second-order valence-corrected chi connectivity index (χ2v) is 6.12. The molecule has 0 fully saturated rings. The molecule has 0 N–H and O–H groups in total. The molecule has 0 radical (unpaired) electrons. The van der Waals surface area contributed by atoms with Gasteiger partial charge >= 0.3 is 0 Å². The number of imidazole rings is 1. The minimum atomic E-state index is -0.196. The predicted molar refractivity (Wildman–Crippen MR) is 85.1 cm³/mol. The normalized spacial score (nSPS) is 13.8. The number of carbonyl (C=O) groups excluding carboxylic acids is 2. The van der Waals surface area contributed by atoms with Gasteiger partial charge in [-0.3, -0.25) is 14.5 Å². The second kappa shape index (κ2) is 6.36. The van der Waals surface area contributed by atoms with Gasteiger partial charge in [0.1, 0.15) is 0 Å². The maximum atomic E-state index is 12.2. The number of amides is 2. The largest absolute Gasteiger partial charge is 0.326 e. The van der Waals surface area contributed by atoms with E-state index in [2.05, 4.69) is 16.5 Å². The first-order valence-electron chi connectivity index (χ1n) is 7.31. The van der Waals surface area contributed by atoms with Gasteiger partial charge in [0.15, 0.2) is 5.16 Å². The van der Waals surface area contributed by atoms with Crippen LogP contribution in [0.2, 0.25) is 0 Å². The molecule has 0 bridgehead atoms. The van der Waals surface area contributed by atoms with Crippen molar-refractivity contribution >= 4 is 23.6 Å². The number of nitrogens with zero attached hydrogens (tertiary/aromatic N) is 3. The second-order valence-electron chi connectivity index (χ2n) is 5.06. The van der Waals surface area contributed by atoms with Crippen LogP contribution in [0, 0.1) is 0 Å². The summed E-state index contributed by atoms with van der Waals surface area (Å²) in [6.45, 7) is 3.44. The van der Waals surface area contributed by atoms with Crippen LogP contribution in [-0.4, -0.2) is 38.6 Å². The van der Waals surface area contributed by atoms with Crippen molar-refractivity contribution in [3.8, 4) is 0 Å². The Balaban J connectivity index is 1.62. The van der Waals surface area contributed by atoms with E-state index in [0.29, 0.717) is 23.4 Å². The van der Waals surface area contributed by atoms with Crippen molar-refractivity contribution in [3.63, 3.8) is 0 Å². The molecule has 1 aromatic carbocycles. The third-order valence-electron chi connectivity index (χ3n) is 3.57. The summed E-state index contributed by atoms with van der Waals surface area (Å²) in [6, 6.07) is 6.97. The van der Waals surface area contributed by atoms with Crippen LogP contribution in [0.25, 0.3) is 0 Å². The molecular formula is C16H17N3O2S. The van der Waals surface area contributed by atoms with Crippen molar-refractivity contribution < 1.29 is 9.59 Å². The van der Waals surface area contributed by atoms with Gasteiger partial charge in [-0.15, -0.1) is 0 Å². The fraction of sp³-hybridized carbons (Fsp3) is 0.312. The van der Waals surface area contributed by atoms with E-state index in [4.69, 9.17) is 0 Å². The van der Waals surface area contributed by atoms with Gasteiger partial charge in [0.05, 0.1) is 11.1 Å². The average Bonchev–Trinajstić information content (AvgIpc) is 3.06. The predicted octanol–water partition coefficient (Wildman–Crippen LogP) is 2.68. The topological polar surface area (TPSA) is 55.2 Å². The number of rotatable bonds is 6. The van der Waals surface area contributed by atoms with Gasteiger partial charge in [0.25, 0.3) is 11.8 Å². The van der Waals surface area contributed by atoms with Crippen LogP contribution >= 0.6 is 11.8 Å². The molecule has 0 saturated carbocycles. The van der Waals surface area contributed by atoms with E-state index in [9.17, 15) is 9.59 Å². The summed E-state index contributed by atoms with van der Waals surface area (Å²) in [5.41, 5.74) is 1.01. The molecular weight excluding hydrogens is 298 g/mol. The number of aryl methyl sites for hydroxylation is 1. The lowest BCUT2D eigenvalue weighted by Gasteiger charge is -2.13. The van der Waals surface area contributed by atoms with Crippen molar-refractivity contribution in [3.05, 3.63) is 47.8 Å². The first kappa shape index (κ1) is 14.8. The highest BCUT2D eigenvalue weighted by Crippen LogP contribution is 2.23. The van der Waals surface area contributed by atoms with E-state index >= 15 is 0 Å². The molecule has 0 saturated heterocycles.